The fourth-order valence-electron chi connectivity index (χ4n) is 2.51. The average molecular weight is 299 g/mol. The van der Waals surface area contributed by atoms with Gasteiger partial charge in [-0.05, 0) is 56.4 Å². The zero-order valence-electron chi connectivity index (χ0n) is 12.5. The van der Waals surface area contributed by atoms with Gasteiger partial charge in [-0.1, -0.05) is 6.07 Å². The van der Waals surface area contributed by atoms with Crippen molar-refractivity contribution in [2.75, 3.05) is 13.1 Å². The summed E-state index contributed by atoms with van der Waals surface area (Å²) >= 11 is 0. The largest absolute Gasteiger partial charge is 0.401 e. The molecule has 1 aromatic rings. The molecule has 1 saturated carbocycles. The van der Waals surface area contributed by atoms with Crippen molar-refractivity contribution in [3.8, 4) is 0 Å². The number of hydrogen-bond acceptors (Lipinski definition) is 2. The third-order valence-electron chi connectivity index (χ3n) is 3.93. The Hall–Kier alpha value is -1.36. The predicted octanol–water partition coefficient (Wildman–Crippen LogP) is 3.82. The number of alkyl halides is 3. The number of ketones is 1. The molecule has 116 valence electrons. The second kappa shape index (κ2) is 5.79. The fraction of sp³-hybridized carbons (Fsp3) is 0.562. The number of carbonyl (C=O) groups excluding carboxylic acids is 1. The number of Topliss-reactive ketones (excluding diaryl/α,β-unsaturated/α-hetero) is 1. The highest BCUT2D eigenvalue weighted by atomic mass is 19.4. The van der Waals surface area contributed by atoms with Crippen LogP contribution in [0, 0.1) is 20.8 Å². The molecule has 1 aromatic carbocycles. The van der Waals surface area contributed by atoms with E-state index in [1.54, 1.807) is 6.07 Å². The molecule has 0 spiro atoms. The summed E-state index contributed by atoms with van der Waals surface area (Å²) in [6.45, 7) is 4.52. The first-order valence-corrected chi connectivity index (χ1v) is 7.09. The molecule has 0 unspecified atom stereocenters. The Balaban J connectivity index is 2.14. The van der Waals surface area contributed by atoms with Gasteiger partial charge >= 0.3 is 6.18 Å². The predicted molar refractivity (Wildman–Crippen MR) is 75.6 cm³/mol. The number of rotatable bonds is 5. The molecule has 0 heterocycles. The summed E-state index contributed by atoms with van der Waals surface area (Å²) < 4.78 is 37.8. The van der Waals surface area contributed by atoms with Gasteiger partial charge in [0.2, 0.25) is 0 Å². The van der Waals surface area contributed by atoms with Crippen LogP contribution in [0.2, 0.25) is 0 Å². The lowest BCUT2D eigenvalue weighted by atomic mass is 9.98. The smallest absolute Gasteiger partial charge is 0.293 e. The van der Waals surface area contributed by atoms with Crippen LogP contribution < -0.4 is 0 Å². The lowest BCUT2D eigenvalue weighted by Crippen LogP contribution is -2.39. The molecule has 0 radical (unpaired) electrons. The van der Waals surface area contributed by atoms with Crippen molar-refractivity contribution in [3.63, 3.8) is 0 Å². The zero-order valence-corrected chi connectivity index (χ0v) is 12.5. The molecule has 0 aliphatic heterocycles. The Kier molecular flexibility index (Phi) is 4.42. The SMILES string of the molecule is Cc1cc(C)c(C(=O)CN(CC(F)(F)F)C2CC2)cc1C. The Bertz CT molecular complexity index is 547. The van der Waals surface area contributed by atoms with E-state index in [1.807, 2.05) is 26.8 Å². The normalized spacial score (nSPS) is 15.6. The monoisotopic (exact) mass is 299 g/mol. The second-order valence-electron chi connectivity index (χ2n) is 5.93. The van der Waals surface area contributed by atoms with E-state index in [9.17, 15) is 18.0 Å². The van der Waals surface area contributed by atoms with E-state index in [0.717, 1.165) is 29.5 Å². The molecule has 0 atom stereocenters. The molecule has 0 saturated heterocycles. The van der Waals surface area contributed by atoms with Gasteiger partial charge in [0.05, 0.1) is 13.1 Å². The molecule has 1 fully saturated rings. The standard InChI is InChI=1S/C16H20F3NO/c1-10-6-12(3)14(7-11(10)2)15(21)8-20(13-4-5-13)9-16(17,18)19/h6-7,13H,4-5,8-9H2,1-3H3. The molecular formula is C16H20F3NO. The van der Waals surface area contributed by atoms with Gasteiger partial charge in [0.1, 0.15) is 0 Å². The number of hydrogen-bond donors (Lipinski definition) is 0. The van der Waals surface area contributed by atoms with Crippen LogP contribution in [0.15, 0.2) is 12.1 Å². The van der Waals surface area contributed by atoms with Crippen molar-refractivity contribution in [2.45, 2.75) is 45.8 Å². The lowest BCUT2D eigenvalue weighted by molar-refractivity contribution is -0.145. The van der Waals surface area contributed by atoms with Gasteiger partial charge in [0.15, 0.2) is 5.78 Å². The highest BCUT2D eigenvalue weighted by molar-refractivity contribution is 5.99. The Morgan fingerprint density at radius 1 is 1.14 bits per heavy atom. The minimum Gasteiger partial charge on any atom is -0.293 e. The van der Waals surface area contributed by atoms with E-state index in [-0.39, 0.29) is 18.4 Å². The van der Waals surface area contributed by atoms with Crippen molar-refractivity contribution < 1.29 is 18.0 Å². The van der Waals surface area contributed by atoms with Crippen LogP contribution in [0.25, 0.3) is 0 Å². The summed E-state index contributed by atoms with van der Waals surface area (Å²) in [6.07, 6.45) is -2.77. The molecular weight excluding hydrogens is 279 g/mol. The first kappa shape index (κ1) is 16.0. The first-order valence-electron chi connectivity index (χ1n) is 7.09. The van der Waals surface area contributed by atoms with E-state index >= 15 is 0 Å². The van der Waals surface area contributed by atoms with Gasteiger partial charge < -0.3 is 0 Å². The van der Waals surface area contributed by atoms with Crippen molar-refractivity contribution in [3.05, 3.63) is 34.4 Å². The van der Waals surface area contributed by atoms with E-state index in [0.29, 0.717) is 5.56 Å². The van der Waals surface area contributed by atoms with Crippen molar-refractivity contribution in [1.82, 2.24) is 4.90 Å². The maximum absolute atomic E-state index is 12.6. The summed E-state index contributed by atoms with van der Waals surface area (Å²) in [6, 6.07) is 3.60. The summed E-state index contributed by atoms with van der Waals surface area (Å²) in [7, 11) is 0. The topological polar surface area (TPSA) is 20.3 Å². The minimum absolute atomic E-state index is 0.0950. The van der Waals surface area contributed by atoms with Crippen LogP contribution in [-0.4, -0.2) is 36.0 Å². The molecule has 0 N–H and O–H groups in total. The highest BCUT2D eigenvalue weighted by Crippen LogP contribution is 2.30. The average Bonchev–Trinajstić information content (AvgIpc) is 3.15. The molecule has 1 aliphatic rings. The van der Waals surface area contributed by atoms with Gasteiger partial charge in [0, 0.05) is 11.6 Å². The number of nitrogens with zero attached hydrogens (tertiary/aromatic N) is 1. The summed E-state index contributed by atoms with van der Waals surface area (Å²) in [5, 5.41) is 0. The summed E-state index contributed by atoms with van der Waals surface area (Å²) in [4.78, 5) is 13.6. The number of benzene rings is 1. The number of carbonyl (C=O) groups is 1. The summed E-state index contributed by atoms with van der Waals surface area (Å²) in [5.74, 6) is -0.230. The molecule has 0 bridgehead atoms. The molecule has 0 aromatic heterocycles. The second-order valence-corrected chi connectivity index (χ2v) is 5.93. The van der Waals surface area contributed by atoms with Crippen LogP contribution in [-0.2, 0) is 0 Å². The van der Waals surface area contributed by atoms with Crippen LogP contribution >= 0.6 is 0 Å². The molecule has 0 amide bonds. The first-order chi connectivity index (χ1) is 9.67. The van der Waals surface area contributed by atoms with Gasteiger partial charge in [-0.15, -0.1) is 0 Å². The van der Waals surface area contributed by atoms with Gasteiger partial charge in [-0.2, -0.15) is 13.2 Å². The highest BCUT2D eigenvalue weighted by Gasteiger charge is 2.38. The van der Waals surface area contributed by atoms with E-state index in [4.69, 9.17) is 0 Å². The minimum atomic E-state index is -4.26. The fourth-order valence-corrected chi connectivity index (χ4v) is 2.51. The molecule has 5 heteroatoms. The third-order valence-corrected chi connectivity index (χ3v) is 3.93. The third kappa shape index (κ3) is 4.30. The molecule has 2 rings (SSSR count). The molecule has 21 heavy (non-hydrogen) atoms. The summed E-state index contributed by atoms with van der Waals surface area (Å²) in [5.41, 5.74) is 3.42. The van der Waals surface area contributed by atoms with Gasteiger partial charge in [-0.25, -0.2) is 0 Å². The van der Waals surface area contributed by atoms with Gasteiger partial charge in [0.25, 0.3) is 0 Å². The van der Waals surface area contributed by atoms with E-state index < -0.39 is 12.7 Å². The van der Waals surface area contributed by atoms with Crippen LogP contribution in [0.1, 0.15) is 39.9 Å². The van der Waals surface area contributed by atoms with Crippen molar-refractivity contribution in [1.29, 1.82) is 0 Å². The zero-order chi connectivity index (χ0) is 15.8. The lowest BCUT2D eigenvalue weighted by Gasteiger charge is -2.23. The van der Waals surface area contributed by atoms with Crippen molar-refractivity contribution in [2.24, 2.45) is 0 Å². The van der Waals surface area contributed by atoms with Crippen molar-refractivity contribution >= 4 is 5.78 Å². The Morgan fingerprint density at radius 2 is 1.71 bits per heavy atom. The number of halogens is 3. The molecule has 2 nitrogen and oxygen atoms in total. The Labute approximate surface area is 122 Å². The van der Waals surface area contributed by atoms with Crippen LogP contribution in [0.3, 0.4) is 0 Å². The van der Waals surface area contributed by atoms with E-state index in [2.05, 4.69) is 0 Å². The van der Waals surface area contributed by atoms with Gasteiger partial charge in [-0.3, -0.25) is 9.69 Å². The van der Waals surface area contributed by atoms with Crippen LogP contribution in [0.5, 0.6) is 0 Å². The Morgan fingerprint density at radius 3 is 2.24 bits per heavy atom. The maximum atomic E-state index is 12.6. The van der Waals surface area contributed by atoms with E-state index in [1.165, 1.54) is 4.90 Å². The number of aryl methyl sites for hydroxylation is 3. The molecule has 1 aliphatic carbocycles. The maximum Gasteiger partial charge on any atom is 0.401 e. The quantitative estimate of drug-likeness (QED) is 0.770. The van der Waals surface area contributed by atoms with Crippen LogP contribution in [0.4, 0.5) is 13.2 Å².